The van der Waals surface area contributed by atoms with Gasteiger partial charge in [-0.2, -0.15) is 0 Å². The molecule has 0 atom stereocenters. The Labute approximate surface area is 771 Å². The maximum absolute atomic E-state index is 14.5. The van der Waals surface area contributed by atoms with Gasteiger partial charge in [0.1, 0.15) is 83.9 Å². The first-order valence-corrected chi connectivity index (χ1v) is 45.4. The number of nitrogens with zero attached hydrogens (tertiary/aromatic N) is 4. The fourth-order valence-corrected chi connectivity index (χ4v) is 19.6. The summed E-state index contributed by atoms with van der Waals surface area (Å²) in [4.78, 5) is 55.5. The van der Waals surface area contributed by atoms with Gasteiger partial charge in [0.15, 0.2) is 23.1 Å². The lowest BCUT2D eigenvalue weighted by atomic mass is 9.85. The number of fused-ring (bicyclic) bond motifs is 8. The molecule has 24 nitrogen and oxygen atoms in total. The second-order valence-electron chi connectivity index (χ2n) is 37.4. The van der Waals surface area contributed by atoms with E-state index in [1.807, 2.05) is 60.7 Å². The summed E-state index contributed by atoms with van der Waals surface area (Å²) in [5.74, 6) is 4.61. The number of carboxylic acid groups (broad SMARTS) is 4. The molecular weight excluding hydrogens is 1690 g/mol. The molecule has 700 valence electrons. The average molecular weight is 1810 g/mol. The van der Waals surface area contributed by atoms with E-state index in [0.29, 0.717) is 45.1 Å². The summed E-state index contributed by atoms with van der Waals surface area (Å²) in [6, 6.07) is 38.5. The van der Waals surface area contributed by atoms with Crippen molar-refractivity contribution >= 4 is 46.2 Å². The van der Waals surface area contributed by atoms with Gasteiger partial charge in [-0.25, -0.2) is 8.78 Å². The molecule has 132 heavy (non-hydrogen) atoms. The molecule has 0 amide bonds. The minimum Gasteiger partial charge on any atom is -0.497 e. The number of hydrogen-bond acceptors (Lipinski definition) is 20. The van der Waals surface area contributed by atoms with E-state index in [9.17, 15) is 48.4 Å². The number of ether oxygens (including phenoxy) is 12. The maximum Gasteiger partial charge on any atom is 0.310 e. The average Bonchev–Trinajstić information content (AvgIpc) is 1.53. The highest BCUT2D eigenvalue weighted by atomic mass is 19.1. The number of piperidine rings is 4. The van der Waals surface area contributed by atoms with Crippen molar-refractivity contribution in [2.24, 2.45) is 21.7 Å². The van der Waals surface area contributed by atoms with Crippen molar-refractivity contribution in [1.29, 1.82) is 0 Å². The van der Waals surface area contributed by atoms with Crippen LogP contribution < -0.4 is 56.8 Å². The van der Waals surface area contributed by atoms with Crippen LogP contribution in [0.4, 0.5) is 8.78 Å². The molecule has 8 aromatic rings. The Morgan fingerprint density at radius 1 is 0.333 bits per heavy atom. The van der Waals surface area contributed by atoms with Gasteiger partial charge >= 0.3 is 23.9 Å². The van der Waals surface area contributed by atoms with E-state index >= 15 is 0 Å². The number of aryl methyl sites for hydroxylation is 2. The zero-order valence-electron chi connectivity index (χ0n) is 78.2. The molecule has 6 fully saturated rings. The Bertz CT molecular complexity index is 5530. The SMILES string of the molecule is COc1ccc2c(c1)C(=C1CCN(CC(C)(C)C(=O)O)CC1)c1cc(C)c(OC)cc1CO2.COc1ccc2c(c1)C(=C1CCN(CC(C)(C)C(=O)O)CC1)c1cc(OC)c(F)cc1CO2.COc1ccc2c(c1)C(=C1CCN(CC3(C(=O)O)CC3)CC1)c1cc(C)c(OC)cc1CO2.COc1ccc2c(c1)C(=C1CCN(CC3(C(=O)O)CC3)CC1)c1cc(OC)c(F)cc1CO2. The predicted octanol–water partition coefficient (Wildman–Crippen LogP) is 18.8. The van der Waals surface area contributed by atoms with E-state index in [4.69, 9.17) is 56.8 Å². The highest BCUT2D eigenvalue weighted by Gasteiger charge is 2.53. The van der Waals surface area contributed by atoms with E-state index in [1.165, 1.54) is 70.9 Å². The molecule has 10 aliphatic rings. The zero-order valence-corrected chi connectivity index (χ0v) is 78.2. The molecule has 0 unspecified atom stereocenters. The van der Waals surface area contributed by atoms with Crippen LogP contribution >= 0.6 is 0 Å². The fourth-order valence-electron chi connectivity index (χ4n) is 19.6. The van der Waals surface area contributed by atoms with Gasteiger partial charge < -0.3 is 96.9 Å². The van der Waals surface area contributed by atoms with Crippen LogP contribution in [-0.4, -0.2) is 199 Å². The van der Waals surface area contributed by atoms with Gasteiger partial charge in [-0.05, 0) is 296 Å². The summed E-state index contributed by atoms with van der Waals surface area (Å²) < 4.78 is 97.5. The third-order valence-corrected chi connectivity index (χ3v) is 27.7. The summed E-state index contributed by atoms with van der Waals surface area (Å²) in [5.41, 5.74) is 21.1. The van der Waals surface area contributed by atoms with Crippen LogP contribution in [-0.2, 0) is 45.6 Å². The highest BCUT2D eigenvalue weighted by molar-refractivity contribution is 5.92. The molecule has 2 saturated carbocycles. The van der Waals surface area contributed by atoms with Crippen LogP contribution in [0.1, 0.15) is 183 Å². The van der Waals surface area contributed by atoms with E-state index in [1.54, 1.807) is 82.5 Å². The Morgan fingerprint density at radius 2 is 0.583 bits per heavy atom. The molecule has 8 aromatic carbocycles. The first kappa shape index (κ1) is 94.5. The van der Waals surface area contributed by atoms with Gasteiger partial charge in [0.25, 0.3) is 0 Å². The van der Waals surface area contributed by atoms with Crippen molar-refractivity contribution in [3.8, 4) is 69.0 Å². The lowest BCUT2D eigenvalue weighted by Gasteiger charge is -2.34. The van der Waals surface area contributed by atoms with Gasteiger partial charge in [-0.15, -0.1) is 0 Å². The third-order valence-electron chi connectivity index (χ3n) is 27.7. The molecule has 0 spiro atoms. The molecule has 0 aromatic heterocycles. The number of aliphatic carboxylic acids is 4. The van der Waals surface area contributed by atoms with Crippen molar-refractivity contribution in [3.05, 3.63) is 233 Å². The van der Waals surface area contributed by atoms with Crippen molar-refractivity contribution in [2.75, 3.05) is 135 Å². The second kappa shape index (κ2) is 39.8. The molecule has 0 radical (unpaired) electrons. The Kier molecular flexibility index (Phi) is 28.5. The molecule has 18 rings (SSSR count). The van der Waals surface area contributed by atoms with Crippen LogP contribution in [0.25, 0.3) is 22.3 Å². The molecule has 2 aliphatic carbocycles. The summed E-state index contributed by atoms with van der Waals surface area (Å²) >= 11 is 0. The Balaban J connectivity index is 0.000000135. The highest BCUT2D eigenvalue weighted by Crippen LogP contribution is 2.53. The van der Waals surface area contributed by atoms with Crippen molar-refractivity contribution in [2.45, 2.75) is 145 Å². The quantitative estimate of drug-likeness (QED) is 0.0552. The fraction of sp³-hybridized carbons (Fsp3) is 0.434. The first-order valence-electron chi connectivity index (χ1n) is 45.4. The number of methoxy groups -OCH3 is 8. The van der Waals surface area contributed by atoms with Crippen LogP contribution in [0.3, 0.4) is 0 Å². The molecule has 4 saturated heterocycles. The maximum atomic E-state index is 14.5. The predicted molar refractivity (Wildman–Crippen MR) is 499 cm³/mol. The van der Waals surface area contributed by atoms with Gasteiger partial charge in [0.05, 0.1) is 78.5 Å². The summed E-state index contributed by atoms with van der Waals surface area (Å²) in [5, 5.41) is 38.2. The second-order valence-corrected chi connectivity index (χ2v) is 37.4. The van der Waals surface area contributed by atoms with E-state index in [2.05, 4.69) is 69.8 Å². The van der Waals surface area contributed by atoms with Crippen molar-refractivity contribution < 1.29 is 105 Å². The van der Waals surface area contributed by atoms with E-state index < -0.39 is 57.2 Å². The van der Waals surface area contributed by atoms with Crippen LogP contribution in [0.5, 0.6) is 69.0 Å². The number of likely N-dealkylation sites (tertiary alicyclic amines) is 4. The van der Waals surface area contributed by atoms with Gasteiger partial charge in [0.2, 0.25) is 0 Å². The summed E-state index contributed by atoms with van der Waals surface area (Å²) in [6.07, 6.45) is 9.86. The largest absolute Gasteiger partial charge is 0.497 e. The van der Waals surface area contributed by atoms with Crippen LogP contribution in [0.15, 0.2) is 144 Å². The Hall–Kier alpha value is -12.1. The first-order chi connectivity index (χ1) is 63.3. The van der Waals surface area contributed by atoms with Gasteiger partial charge in [-0.3, -0.25) is 19.2 Å². The van der Waals surface area contributed by atoms with E-state index in [0.717, 1.165) is 259 Å². The number of carbonyl (C=O) groups is 4. The number of hydrogen-bond donors (Lipinski definition) is 4. The third kappa shape index (κ3) is 20.3. The van der Waals surface area contributed by atoms with Gasteiger partial charge in [-0.1, -0.05) is 22.3 Å². The molecule has 4 N–H and O–H groups in total. The number of rotatable bonds is 20. The molecular formula is C106H122F2N4O20. The van der Waals surface area contributed by atoms with Crippen LogP contribution in [0, 0.1) is 47.1 Å². The number of halogens is 2. The number of benzene rings is 8. The molecule has 8 heterocycles. The lowest BCUT2D eigenvalue weighted by Crippen LogP contribution is -2.42. The molecule has 8 aliphatic heterocycles. The normalized spacial score (nSPS) is 17.8. The summed E-state index contributed by atoms with van der Waals surface area (Å²) in [6.45, 7) is 21.5. The number of carboxylic acids is 4. The van der Waals surface area contributed by atoms with E-state index in [-0.39, 0.29) is 24.7 Å². The minimum atomic E-state index is -0.807. The minimum absolute atomic E-state index is 0.193. The van der Waals surface area contributed by atoms with Crippen molar-refractivity contribution in [1.82, 2.24) is 19.6 Å². The smallest absolute Gasteiger partial charge is 0.310 e. The lowest BCUT2D eigenvalue weighted by molar-refractivity contribution is -0.148. The zero-order chi connectivity index (χ0) is 93.8. The molecule has 26 heteroatoms. The summed E-state index contributed by atoms with van der Waals surface area (Å²) in [7, 11) is 12.9. The van der Waals surface area contributed by atoms with Crippen LogP contribution in [0.2, 0.25) is 0 Å². The Morgan fingerprint density at radius 3 is 0.818 bits per heavy atom. The topological polar surface area (TPSA) is 273 Å². The standard InChI is InChI=1S/C27H31NO5.C27H33NO5.C26H28FNO5.C26H30FNO5/c1-17-12-21-19(13-24(17)32-3)15-33-23-5-4-20(31-2)14-22(23)25(21)18-6-10-28(11-7-18)16-27(8-9-27)26(29)30;1-17-12-21-19(13-24(17)32-5)15-33-23-7-6-20(31-4)14-22(23)25(21)18-8-10-28(11-9-18)16-27(2,3)26(29)30;1-31-18-3-4-22-20(12-18)24(19-13-23(32-2)21(27)11-17(19)14-33-22)16-5-9-28(10-6-16)15-26(7-8-26)25(29)30;1-26(2,25(29)30)15-28-9-7-16(8-10-28)24-19-13-23(32-4)21(27)11-17(19)14-33-22-6-5-18(31-3)12-20(22)24/h4-5,12-14H,6-11,15-16H2,1-3H3,(H,29,30);6-7,12-14H,8-11,15-16H2,1-5H3,(H,29,30);3-4,11-13H,5-10,14-15H2,1-2H3,(H,29,30);5-6,11-13H,7-10,14-15H2,1-4H3,(H,29,30). The van der Waals surface area contributed by atoms with Crippen molar-refractivity contribution in [3.63, 3.8) is 0 Å². The monoisotopic (exact) mass is 1810 g/mol. The van der Waals surface area contributed by atoms with Gasteiger partial charge in [0, 0.05) is 123 Å². The molecule has 0 bridgehead atoms.